The molecule has 0 radical (unpaired) electrons. The zero-order chi connectivity index (χ0) is 9.14. The molecule has 0 heterocycles. The van der Waals surface area contributed by atoms with E-state index in [9.17, 15) is 4.39 Å². The van der Waals surface area contributed by atoms with Crippen LogP contribution < -0.4 is 5.73 Å². The van der Waals surface area contributed by atoms with E-state index in [4.69, 9.17) is 11.0 Å². The smallest absolute Gasteiger partial charge is 0.128 e. The van der Waals surface area contributed by atoms with Gasteiger partial charge in [-0.1, -0.05) is 0 Å². The van der Waals surface area contributed by atoms with Gasteiger partial charge in [0.2, 0.25) is 0 Å². The van der Waals surface area contributed by atoms with Gasteiger partial charge in [0.25, 0.3) is 0 Å². The van der Waals surface area contributed by atoms with Crippen LogP contribution in [0.15, 0.2) is 18.2 Å². The summed E-state index contributed by atoms with van der Waals surface area (Å²) in [6, 6.07) is 5.72. The first kappa shape index (κ1) is 11.9. The van der Waals surface area contributed by atoms with E-state index in [1.807, 2.05) is 6.07 Å². The number of halogens is 2. The fraction of sp³-hybridized carbons (Fsp3) is 0.222. The van der Waals surface area contributed by atoms with Crippen LogP contribution in [0.25, 0.3) is 0 Å². The molecule has 1 atom stereocenters. The van der Waals surface area contributed by atoms with Crippen LogP contribution in [0, 0.1) is 17.1 Å². The van der Waals surface area contributed by atoms with Gasteiger partial charge in [-0.05, 0) is 25.1 Å². The Morgan fingerprint density at radius 1 is 1.54 bits per heavy atom. The third-order valence-corrected chi connectivity index (χ3v) is 1.62. The van der Waals surface area contributed by atoms with E-state index < -0.39 is 0 Å². The van der Waals surface area contributed by atoms with Gasteiger partial charge >= 0.3 is 0 Å². The van der Waals surface area contributed by atoms with E-state index in [0.29, 0.717) is 11.1 Å². The Morgan fingerprint density at radius 3 is 2.62 bits per heavy atom. The van der Waals surface area contributed by atoms with Gasteiger partial charge < -0.3 is 5.73 Å². The maximum atomic E-state index is 13.0. The molecular weight excluding hydrogens is 191 g/mol. The molecular formula is C9H10ClFN2. The molecule has 4 heteroatoms. The maximum Gasteiger partial charge on any atom is 0.128 e. The van der Waals surface area contributed by atoms with E-state index in [1.165, 1.54) is 18.2 Å². The van der Waals surface area contributed by atoms with Crippen LogP contribution in [0.1, 0.15) is 24.1 Å². The van der Waals surface area contributed by atoms with Gasteiger partial charge in [0.1, 0.15) is 5.82 Å². The molecule has 2 nitrogen and oxygen atoms in total. The predicted molar refractivity (Wildman–Crippen MR) is 51.0 cm³/mol. The lowest BCUT2D eigenvalue weighted by Gasteiger charge is -2.06. The fourth-order valence-corrected chi connectivity index (χ4v) is 0.962. The summed E-state index contributed by atoms with van der Waals surface area (Å²) in [5.41, 5.74) is 6.31. The molecule has 0 saturated carbocycles. The van der Waals surface area contributed by atoms with Gasteiger partial charge in [-0.15, -0.1) is 12.4 Å². The van der Waals surface area contributed by atoms with Gasteiger partial charge in [-0.25, -0.2) is 4.39 Å². The summed E-state index contributed by atoms with van der Waals surface area (Å²) in [6.07, 6.45) is 0. The van der Waals surface area contributed by atoms with E-state index in [1.54, 1.807) is 6.92 Å². The molecule has 0 bridgehead atoms. The topological polar surface area (TPSA) is 49.8 Å². The number of nitrogens with two attached hydrogens (primary N) is 1. The first-order valence-corrected chi connectivity index (χ1v) is 3.60. The van der Waals surface area contributed by atoms with E-state index in [2.05, 4.69) is 0 Å². The maximum absolute atomic E-state index is 13.0. The Labute approximate surface area is 82.6 Å². The summed E-state index contributed by atoms with van der Waals surface area (Å²) < 4.78 is 13.0. The van der Waals surface area contributed by atoms with Gasteiger partial charge in [-0.2, -0.15) is 5.26 Å². The van der Waals surface area contributed by atoms with E-state index >= 15 is 0 Å². The molecule has 0 unspecified atom stereocenters. The van der Waals surface area contributed by atoms with E-state index in [-0.39, 0.29) is 24.3 Å². The average molecular weight is 201 g/mol. The SMILES string of the molecule is C[C@H](N)c1cc(C#N)ccc1F.Cl. The standard InChI is InChI=1S/C9H9FN2.ClH/c1-6(12)8-4-7(5-11)2-3-9(8)10;/h2-4,6H,12H2,1H3;1H/t6-;/m0./s1. The Morgan fingerprint density at radius 2 is 2.15 bits per heavy atom. The molecule has 70 valence electrons. The minimum absolute atomic E-state index is 0. The van der Waals surface area contributed by atoms with Crippen LogP contribution in [0.5, 0.6) is 0 Å². The van der Waals surface area contributed by atoms with Gasteiger partial charge in [-0.3, -0.25) is 0 Å². The lowest BCUT2D eigenvalue weighted by molar-refractivity contribution is 0.593. The number of nitrogens with zero attached hydrogens (tertiary/aromatic N) is 1. The first-order valence-electron chi connectivity index (χ1n) is 3.60. The third kappa shape index (κ3) is 2.69. The number of hydrogen-bond acceptors (Lipinski definition) is 2. The summed E-state index contributed by atoms with van der Waals surface area (Å²) in [6.45, 7) is 1.68. The molecule has 1 aromatic rings. The molecule has 0 aliphatic rings. The second kappa shape index (κ2) is 4.80. The third-order valence-electron chi connectivity index (χ3n) is 1.62. The van der Waals surface area contributed by atoms with Crippen molar-refractivity contribution in [1.82, 2.24) is 0 Å². The number of benzene rings is 1. The molecule has 0 aliphatic carbocycles. The van der Waals surface area contributed by atoms with Crippen molar-refractivity contribution in [3.05, 3.63) is 35.1 Å². The number of hydrogen-bond donors (Lipinski definition) is 1. The van der Waals surface area contributed by atoms with Crippen LogP contribution >= 0.6 is 12.4 Å². The minimum Gasteiger partial charge on any atom is -0.324 e. The van der Waals surface area contributed by atoms with Crippen molar-refractivity contribution in [2.24, 2.45) is 5.73 Å². The minimum atomic E-state index is -0.377. The highest BCUT2D eigenvalue weighted by atomic mass is 35.5. The summed E-state index contributed by atoms with van der Waals surface area (Å²) in [7, 11) is 0. The summed E-state index contributed by atoms with van der Waals surface area (Å²) >= 11 is 0. The van der Waals surface area contributed by atoms with Crippen molar-refractivity contribution in [1.29, 1.82) is 5.26 Å². The van der Waals surface area contributed by atoms with Crippen LogP contribution in [-0.4, -0.2) is 0 Å². The summed E-state index contributed by atoms with van der Waals surface area (Å²) in [5.74, 6) is -0.357. The summed E-state index contributed by atoms with van der Waals surface area (Å²) in [5, 5.41) is 8.52. The lowest BCUT2D eigenvalue weighted by atomic mass is 10.1. The largest absolute Gasteiger partial charge is 0.324 e. The highest BCUT2D eigenvalue weighted by Gasteiger charge is 2.06. The monoisotopic (exact) mass is 200 g/mol. The Hall–Kier alpha value is -1.11. The molecule has 0 aliphatic heterocycles. The molecule has 2 N–H and O–H groups in total. The molecule has 0 spiro atoms. The molecule has 0 fully saturated rings. The second-order valence-corrected chi connectivity index (χ2v) is 2.64. The van der Waals surface area contributed by atoms with Crippen LogP contribution in [0.3, 0.4) is 0 Å². The Bertz CT molecular complexity index is 331. The Kier molecular flexibility index (Phi) is 4.39. The van der Waals surface area contributed by atoms with Crippen molar-refractivity contribution >= 4 is 12.4 Å². The fourth-order valence-electron chi connectivity index (χ4n) is 0.962. The van der Waals surface area contributed by atoms with Crippen LogP contribution in [-0.2, 0) is 0 Å². The number of rotatable bonds is 1. The Balaban J connectivity index is 0.00000144. The average Bonchev–Trinajstić information content (AvgIpc) is 2.05. The van der Waals surface area contributed by atoms with E-state index in [0.717, 1.165) is 0 Å². The quantitative estimate of drug-likeness (QED) is 0.755. The zero-order valence-electron chi connectivity index (χ0n) is 7.12. The highest BCUT2D eigenvalue weighted by Crippen LogP contribution is 2.15. The number of nitriles is 1. The molecule has 1 rings (SSSR count). The lowest BCUT2D eigenvalue weighted by Crippen LogP contribution is -2.07. The predicted octanol–water partition coefficient (Wildman–Crippen LogP) is 2.14. The van der Waals surface area contributed by atoms with Gasteiger partial charge in [0.05, 0.1) is 11.6 Å². The molecule has 13 heavy (non-hydrogen) atoms. The van der Waals surface area contributed by atoms with Crippen LogP contribution in [0.4, 0.5) is 4.39 Å². The van der Waals surface area contributed by atoms with Gasteiger partial charge in [0.15, 0.2) is 0 Å². The second-order valence-electron chi connectivity index (χ2n) is 2.64. The zero-order valence-corrected chi connectivity index (χ0v) is 7.94. The molecule has 0 aromatic heterocycles. The molecule has 1 aromatic carbocycles. The molecule has 0 saturated heterocycles. The van der Waals surface area contributed by atoms with Crippen molar-refractivity contribution in [3.8, 4) is 6.07 Å². The van der Waals surface area contributed by atoms with Crippen molar-refractivity contribution < 1.29 is 4.39 Å². The summed E-state index contributed by atoms with van der Waals surface area (Å²) in [4.78, 5) is 0. The van der Waals surface area contributed by atoms with Crippen molar-refractivity contribution in [2.75, 3.05) is 0 Å². The normalized spacial score (nSPS) is 11.2. The van der Waals surface area contributed by atoms with Crippen LogP contribution in [0.2, 0.25) is 0 Å². The highest BCUT2D eigenvalue weighted by molar-refractivity contribution is 5.85. The van der Waals surface area contributed by atoms with Crippen molar-refractivity contribution in [2.45, 2.75) is 13.0 Å². The van der Waals surface area contributed by atoms with Crippen molar-refractivity contribution in [3.63, 3.8) is 0 Å². The first-order chi connectivity index (χ1) is 5.65. The van der Waals surface area contributed by atoms with Gasteiger partial charge in [0, 0.05) is 11.6 Å². The molecule has 0 amide bonds.